The lowest BCUT2D eigenvalue weighted by Gasteiger charge is -2.21. The molecule has 0 radical (unpaired) electrons. The van der Waals surface area contributed by atoms with E-state index in [-0.39, 0.29) is 37.1 Å². The number of aryl methyl sites for hydroxylation is 1. The second-order valence-electron chi connectivity index (χ2n) is 5.88. The molecule has 1 saturated heterocycles. The number of hydrogen-bond donors (Lipinski definition) is 2. The number of rotatable bonds is 5. The zero-order valence-corrected chi connectivity index (χ0v) is 16.1. The Morgan fingerprint density at radius 2 is 2.00 bits per heavy atom. The molecule has 0 spiro atoms. The van der Waals surface area contributed by atoms with Gasteiger partial charge in [-0.15, -0.1) is 24.0 Å². The van der Waals surface area contributed by atoms with E-state index in [9.17, 15) is 5.11 Å². The highest BCUT2D eigenvalue weighted by Crippen LogP contribution is 2.12. The van der Waals surface area contributed by atoms with Gasteiger partial charge in [-0.3, -0.25) is 4.99 Å². The van der Waals surface area contributed by atoms with Crippen LogP contribution in [0.3, 0.4) is 0 Å². The van der Waals surface area contributed by atoms with Gasteiger partial charge in [0.05, 0.1) is 6.54 Å². The molecular formula is C17H28IN3O2. The van der Waals surface area contributed by atoms with Crippen molar-refractivity contribution in [3.8, 4) is 5.75 Å². The summed E-state index contributed by atoms with van der Waals surface area (Å²) in [5.41, 5.74) is 7.15. The fourth-order valence-corrected chi connectivity index (χ4v) is 2.55. The van der Waals surface area contributed by atoms with E-state index in [0.717, 1.165) is 37.2 Å². The van der Waals surface area contributed by atoms with E-state index in [0.29, 0.717) is 5.96 Å². The highest BCUT2D eigenvalue weighted by Gasteiger charge is 2.12. The van der Waals surface area contributed by atoms with Gasteiger partial charge in [-0.1, -0.05) is 25.0 Å². The molecule has 1 fully saturated rings. The summed E-state index contributed by atoms with van der Waals surface area (Å²) in [6.07, 6.45) is 4.20. The van der Waals surface area contributed by atoms with Gasteiger partial charge in [-0.2, -0.15) is 0 Å². The zero-order chi connectivity index (χ0) is 15.8. The van der Waals surface area contributed by atoms with E-state index in [4.69, 9.17) is 10.5 Å². The number of ether oxygens (including phenoxy) is 1. The summed E-state index contributed by atoms with van der Waals surface area (Å²) < 4.78 is 5.57. The number of aliphatic imine (C=N–C) groups is 1. The summed E-state index contributed by atoms with van der Waals surface area (Å²) in [5.74, 6) is 1.31. The number of aliphatic hydroxyl groups excluding tert-OH is 1. The molecular weight excluding hydrogens is 405 g/mol. The molecule has 1 aromatic carbocycles. The maximum Gasteiger partial charge on any atom is 0.191 e. The summed E-state index contributed by atoms with van der Waals surface area (Å²) in [6, 6.07) is 7.78. The Bertz CT molecular complexity index is 488. The molecule has 5 nitrogen and oxygen atoms in total. The third-order valence-corrected chi connectivity index (χ3v) is 3.83. The smallest absolute Gasteiger partial charge is 0.191 e. The van der Waals surface area contributed by atoms with Crippen LogP contribution in [-0.2, 0) is 0 Å². The Kier molecular flexibility index (Phi) is 9.31. The fraction of sp³-hybridized carbons (Fsp3) is 0.588. The summed E-state index contributed by atoms with van der Waals surface area (Å²) in [6.45, 7) is 4.43. The van der Waals surface area contributed by atoms with Crippen LogP contribution in [0, 0.1) is 6.92 Å². The van der Waals surface area contributed by atoms with E-state index in [1.165, 1.54) is 12.8 Å². The Balaban J connectivity index is 0.00000264. The molecule has 0 amide bonds. The molecule has 130 valence electrons. The maximum absolute atomic E-state index is 9.98. The number of benzene rings is 1. The van der Waals surface area contributed by atoms with Crippen molar-refractivity contribution in [2.45, 2.75) is 38.7 Å². The lowest BCUT2D eigenvalue weighted by Crippen LogP contribution is -2.38. The molecule has 6 heteroatoms. The number of halogens is 1. The first kappa shape index (κ1) is 20.0. The first-order valence-corrected chi connectivity index (χ1v) is 8.07. The first-order valence-electron chi connectivity index (χ1n) is 8.07. The molecule has 1 heterocycles. The van der Waals surface area contributed by atoms with Crippen molar-refractivity contribution < 1.29 is 9.84 Å². The third-order valence-electron chi connectivity index (χ3n) is 3.83. The van der Waals surface area contributed by atoms with Crippen molar-refractivity contribution in [1.82, 2.24) is 4.90 Å². The molecule has 1 aromatic rings. The van der Waals surface area contributed by atoms with Crippen LogP contribution in [0.15, 0.2) is 29.3 Å². The minimum Gasteiger partial charge on any atom is -0.491 e. The largest absolute Gasteiger partial charge is 0.491 e. The lowest BCUT2D eigenvalue weighted by molar-refractivity contribution is 0.114. The Labute approximate surface area is 155 Å². The minimum absolute atomic E-state index is 0. The highest BCUT2D eigenvalue weighted by atomic mass is 127. The molecule has 23 heavy (non-hydrogen) atoms. The van der Waals surface area contributed by atoms with Crippen molar-refractivity contribution >= 4 is 29.9 Å². The van der Waals surface area contributed by atoms with Gasteiger partial charge in [0.2, 0.25) is 0 Å². The average molecular weight is 433 g/mol. The van der Waals surface area contributed by atoms with Crippen LogP contribution in [0.2, 0.25) is 0 Å². The standard InChI is InChI=1S/C17H27N3O2.HI/c1-14-7-6-8-16(11-14)22-13-15(21)12-19-17(18)20-9-4-2-3-5-10-20;/h6-8,11,15,21H,2-5,9-10,12-13H2,1H3,(H2,18,19);1H. The van der Waals surface area contributed by atoms with Crippen LogP contribution < -0.4 is 10.5 Å². The van der Waals surface area contributed by atoms with Crippen LogP contribution in [-0.4, -0.2) is 48.3 Å². The molecule has 1 atom stereocenters. The van der Waals surface area contributed by atoms with Crippen LogP contribution in [0.1, 0.15) is 31.2 Å². The van der Waals surface area contributed by atoms with E-state index in [1.807, 2.05) is 31.2 Å². The van der Waals surface area contributed by atoms with E-state index in [2.05, 4.69) is 9.89 Å². The quantitative estimate of drug-likeness (QED) is 0.426. The number of hydrogen-bond acceptors (Lipinski definition) is 3. The van der Waals surface area contributed by atoms with Gasteiger partial charge in [0.15, 0.2) is 5.96 Å². The lowest BCUT2D eigenvalue weighted by atomic mass is 10.2. The summed E-state index contributed by atoms with van der Waals surface area (Å²) >= 11 is 0. The first-order chi connectivity index (χ1) is 10.6. The number of aliphatic hydroxyl groups is 1. The van der Waals surface area contributed by atoms with Gasteiger partial charge in [0, 0.05) is 13.1 Å². The normalized spacial score (nSPS) is 17.1. The molecule has 2 rings (SSSR count). The van der Waals surface area contributed by atoms with Gasteiger partial charge in [-0.25, -0.2) is 0 Å². The van der Waals surface area contributed by atoms with Crippen molar-refractivity contribution in [3.63, 3.8) is 0 Å². The number of nitrogens with two attached hydrogens (primary N) is 1. The molecule has 3 N–H and O–H groups in total. The SMILES string of the molecule is Cc1cccc(OCC(O)CN=C(N)N2CCCCCC2)c1.I. The fourth-order valence-electron chi connectivity index (χ4n) is 2.55. The predicted octanol–water partition coefficient (Wildman–Crippen LogP) is 2.54. The Morgan fingerprint density at radius 1 is 1.30 bits per heavy atom. The molecule has 0 bridgehead atoms. The van der Waals surface area contributed by atoms with E-state index < -0.39 is 6.10 Å². The van der Waals surface area contributed by atoms with Gasteiger partial charge < -0.3 is 20.5 Å². The molecule has 1 aliphatic rings. The topological polar surface area (TPSA) is 71.1 Å². The van der Waals surface area contributed by atoms with Crippen LogP contribution >= 0.6 is 24.0 Å². The van der Waals surface area contributed by atoms with Crippen molar-refractivity contribution in [3.05, 3.63) is 29.8 Å². The number of likely N-dealkylation sites (tertiary alicyclic amines) is 1. The second-order valence-corrected chi connectivity index (χ2v) is 5.88. The van der Waals surface area contributed by atoms with E-state index >= 15 is 0 Å². The number of guanidine groups is 1. The van der Waals surface area contributed by atoms with E-state index in [1.54, 1.807) is 0 Å². The van der Waals surface area contributed by atoms with Crippen molar-refractivity contribution in [2.24, 2.45) is 10.7 Å². The van der Waals surface area contributed by atoms with Crippen molar-refractivity contribution in [1.29, 1.82) is 0 Å². The third kappa shape index (κ3) is 7.39. The predicted molar refractivity (Wildman–Crippen MR) is 105 cm³/mol. The Morgan fingerprint density at radius 3 is 2.65 bits per heavy atom. The highest BCUT2D eigenvalue weighted by molar-refractivity contribution is 14.0. The van der Waals surface area contributed by atoms with Gasteiger partial charge in [-0.05, 0) is 37.5 Å². The zero-order valence-electron chi connectivity index (χ0n) is 13.8. The van der Waals surface area contributed by atoms with Crippen LogP contribution in [0.25, 0.3) is 0 Å². The Hall–Kier alpha value is -1.02. The molecule has 0 aromatic heterocycles. The minimum atomic E-state index is -0.647. The molecule has 0 saturated carbocycles. The average Bonchev–Trinajstić information content (AvgIpc) is 2.80. The second kappa shape index (κ2) is 10.7. The van der Waals surface area contributed by atoms with Crippen molar-refractivity contribution in [2.75, 3.05) is 26.2 Å². The van der Waals surface area contributed by atoms with Crippen LogP contribution in [0.4, 0.5) is 0 Å². The maximum atomic E-state index is 9.98. The summed E-state index contributed by atoms with van der Waals surface area (Å²) in [5, 5.41) is 9.98. The van der Waals surface area contributed by atoms with Gasteiger partial charge >= 0.3 is 0 Å². The summed E-state index contributed by atoms with van der Waals surface area (Å²) in [7, 11) is 0. The molecule has 1 unspecified atom stereocenters. The van der Waals surface area contributed by atoms with Gasteiger partial charge in [0.25, 0.3) is 0 Å². The number of nitrogens with zero attached hydrogens (tertiary/aromatic N) is 2. The summed E-state index contributed by atoms with van der Waals surface area (Å²) in [4.78, 5) is 6.42. The molecule has 1 aliphatic heterocycles. The van der Waals surface area contributed by atoms with Gasteiger partial charge in [0.1, 0.15) is 18.5 Å². The molecule has 0 aliphatic carbocycles. The monoisotopic (exact) mass is 433 g/mol. The van der Waals surface area contributed by atoms with Crippen LogP contribution in [0.5, 0.6) is 5.75 Å².